The molecule has 2 N–H and O–H groups in total. The van der Waals surface area contributed by atoms with Gasteiger partial charge >= 0.3 is 0 Å². The fourth-order valence-corrected chi connectivity index (χ4v) is 3.69. The Morgan fingerprint density at radius 1 is 1.46 bits per heavy atom. The van der Waals surface area contributed by atoms with Crippen LogP contribution in [0.15, 0.2) is 33.7 Å². The van der Waals surface area contributed by atoms with E-state index in [1.165, 1.54) is 11.8 Å². The van der Waals surface area contributed by atoms with E-state index in [2.05, 4.69) is 27.7 Å². The molecule has 1 aromatic heterocycles. The summed E-state index contributed by atoms with van der Waals surface area (Å²) in [6.45, 7) is 4.92. The molecule has 0 radical (unpaired) electrons. The number of carbonyl (C=O) groups excluding carboxylic acids is 1. The standard InChI is InChI=1S/C17H22N4O2S/c1-11-14(7-5-9-18-11)20-17(22)13-6-3-4-8-15(13)24-10-16-19-12(2)21-23-16/h3-4,6,8,11,14,18H,5,7,9-10H2,1-2H3,(H,20,22). The number of carbonyl (C=O) groups is 1. The van der Waals surface area contributed by atoms with Crippen molar-refractivity contribution in [2.75, 3.05) is 6.54 Å². The molecular weight excluding hydrogens is 324 g/mol. The Labute approximate surface area is 145 Å². The molecule has 1 amide bonds. The molecule has 2 atom stereocenters. The molecule has 7 heteroatoms. The van der Waals surface area contributed by atoms with Crippen molar-refractivity contribution >= 4 is 17.7 Å². The predicted octanol–water partition coefficient (Wildman–Crippen LogP) is 2.54. The van der Waals surface area contributed by atoms with Gasteiger partial charge in [-0.3, -0.25) is 4.79 Å². The zero-order valence-corrected chi connectivity index (χ0v) is 14.7. The van der Waals surface area contributed by atoms with Gasteiger partial charge in [-0.15, -0.1) is 11.8 Å². The van der Waals surface area contributed by atoms with Gasteiger partial charge in [-0.1, -0.05) is 17.3 Å². The Morgan fingerprint density at radius 3 is 3.04 bits per heavy atom. The quantitative estimate of drug-likeness (QED) is 0.810. The summed E-state index contributed by atoms with van der Waals surface area (Å²) in [5, 5.41) is 10.4. The van der Waals surface area contributed by atoms with Gasteiger partial charge in [0.1, 0.15) is 0 Å². The van der Waals surface area contributed by atoms with E-state index in [1.54, 1.807) is 6.92 Å². The lowest BCUT2D eigenvalue weighted by Gasteiger charge is -2.30. The molecule has 1 saturated heterocycles. The van der Waals surface area contributed by atoms with E-state index >= 15 is 0 Å². The minimum atomic E-state index is -0.0274. The van der Waals surface area contributed by atoms with Crippen LogP contribution in [0.5, 0.6) is 0 Å². The number of hydrogen-bond acceptors (Lipinski definition) is 6. The molecule has 2 aromatic rings. The smallest absolute Gasteiger partial charge is 0.252 e. The topological polar surface area (TPSA) is 80.0 Å². The number of piperidine rings is 1. The number of rotatable bonds is 5. The van der Waals surface area contributed by atoms with Gasteiger partial charge in [0.15, 0.2) is 5.82 Å². The van der Waals surface area contributed by atoms with E-state index in [1.807, 2.05) is 24.3 Å². The molecule has 1 fully saturated rings. The molecule has 2 unspecified atom stereocenters. The van der Waals surface area contributed by atoms with E-state index in [-0.39, 0.29) is 11.9 Å². The second kappa shape index (κ2) is 7.81. The summed E-state index contributed by atoms with van der Waals surface area (Å²) in [6, 6.07) is 8.09. The van der Waals surface area contributed by atoms with Gasteiger partial charge in [0.05, 0.1) is 11.3 Å². The van der Waals surface area contributed by atoms with Crippen LogP contribution >= 0.6 is 11.8 Å². The molecule has 128 valence electrons. The average molecular weight is 346 g/mol. The van der Waals surface area contributed by atoms with Gasteiger partial charge in [0.2, 0.25) is 5.89 Å². The van der Waals surface area contributed by atoms with Crippen molar-refractivity contribution in [3.63, 3.8) is 0 Å². The van der Waals surface area contributed by atoms with E-state index in [0.717, 1.165) is 24.3 Å². The summed E-state index contributed by atoms with van der Waals surface area (Å²) in [5.74, 6) is 1.71. The Morgan fingerprint density at radius 2 is 2.29 bits per heavy atom. The summed E-state index contributed by atoms with van der Waals surface area (Å²) >= 11 is 1.53. The molecule has 0 bridgehead atoms. The second-order valence-electron chi connectivity index (χ2n) is 5.99. The highest BCUT2D eigenvalue weighted by molar-refractivity contribution is 7.98. The maximum Gasteiger partial charge on any atom is 0.252 e. The van der Waals surface area contributed by atoms with Crippen molar-refractivity contribution in [3.8, 4) is 0 Å². The zero-order valence-electron chi connectivity index (χ0n) is 13.9. The van der Waals surface area contributed by atoms with Crippen molar-refractivity contribution in [3.05, 3.63) is 41.5 Å². The molecule has 0 saturated carbocycles. The molecule has 0 spiro atoms. The zero-order chi connectivity index (χ0) is 16.9. The molecule has 2 heterocycles. The van der Waals surface area contributed by atoms with Gasteiger partial charge in [0.25, 0.3) is 5.91 Å². The summed E-state index contributed by atoms with van der Waals surface area (Å²) in [5.41, 5.74) is 0.691. The van der Waals surface area contributed by atoms with Crippen LogP contribution in [-0.2, 0) is 5.75 Å². The van der Waals surface area contributed by atoms with Gasteiger partial charge in [-0.2, -0.15) is 4.98 Å². The monoisotopic (exact) mass is 346 g/mol. The molecule has 0 aliphatic carbocycles. The highest BCUT2D eigenvalue weighted by Crippen LogP contribution is 2.26. The van der Waals surface area contributed by atoms with E-state index < -0.39 is 0 Å². The third-order valence-corrected chi connectivity index (χ3v) is 5.19. The lowest BCUT2D eigenvalue weighted by atomic mass is 9.99. The molecule has 6 nitrogen and oxygen atoms in total. The van der Waals surface area contributed by atoms with Gasteiger partial charge in [0, 0.05) is 17.0 Å². The number of aromatic nitrogens is 2. The highest BCUT2D eigenvalue weighted by atomic mass is 32.2. The summed E-state index contributed by atoms with van der Waals surface area (Å²) < 4.78 is 5.13. The average Bonchev–Trinajstić information content (AvgIpc) is 3.01. The van der Waals surface area contributed by atoms with Crippen molar-refractivity contribution in [1.29, 1.82) is 0 Å². The Hall–Kier alpha value is -1.86. The van der Waals surface area contributed by atoms with Crippen molar-refractivity contribution in [1.82, 2.24) is 20.8 Å². The normalized spacial score (nSPS) is 20.8. The predicted molar refractivity (Wildman–Crippen MR) is 93.0 cm³/mol. The van der Waals surface area contributed by atoms with Crippen LogP contribution in [-0.4, -0.2) is 34.7 Å². The van der Waals surface area contributed by atoms with Crippen LogP contribution in [0.25, 0.3) is 0 Å². The first kappa shape index (κ1) is 17.0. The van der Waals surface area contributed by atoms with Crippen molar-refractivity contribution < 1.29 is 9.32 Å². The van der Waals surface area contributed by atoms with E-state index in [9.17, 15) is 4.79 Å². The van der Waals surface area contributed by atoms with Crippen LogP contribution in [0.2, 0.25) is 0 Å². The molecular formula is C17H22N4O2S. The van der Waals surface area contributed by atoms with Crippen LogP contribution in [0, 0.1) is 6.92 Å². The number of aryl methyl sites for hydroxylation is 1. The summed E-state index contributed by atoms with van der Waals surface area (Å²) in [7, 11) is 0. The number of nitrogens with zero attached hydrogens (tertiary/aromatic N) is 2. The third-order valence-electron chi connectivity index (χ3n) is 4.13. The highest BCUT2D eigenvalue weighted by Gasteiger charge is 2.23. The molecule has 24 heavy (non-hydrogen) atoms. The maximum atomic E-state index is 12.7. The first-order valence-electron chi connectivity index (χ1n) is 8.19. The minimum absolute atomic E-state index is 0.0274. The van der Waals surface area contributed by atoms with Crippen LogP contribution in [0.3, 0.4) is 0 Å². The van der Waals surface area contributed by atoms with Crippen molar-refractivity contribution in [2.45, 2.75) is 49.4 Å². The number of thioether (sulfide) groups is 1. The Balaban J connectivity index is 1.67. The van der Waals surface area contributed by atoms with Gasteiger partial charge in [-0.05, 0) is 45.4 Å². The van der Waals surface area contributed by atoms with Crippen LogP contribution in [0.4, 0.5) is 0 Å². The lowest BCUT2D eigenvalue weighted by molar-refractivity contribution is 0.0917. The third kappa shape index (κ3) is 4.15. The first-order valence-corrected chi connectivity index (χ1v) is 9.17. The second-order valence-corrected chi connectivity index (χ2v) is 7.00. The number of nitrogens with one attached hydrogen (secondary N) is 2. The first-order chi connectivity index (χ1) is 11.6. The Kier molecular flexibility index (Phi) is 5.52. The maximum absolute atomic E-state index is 12.7. The number of hydrogen-bond donors (Lipinski definition) is 2. The fraction of sp³-hybridized carbons (Fsp3) is 0.471. The van der Waals surface area contributed by atoms with Crippen LogP contribution < -0.4 is 10.6 Å². The number of amides is 1. The van der Waals surface area contributed by atoms with E-state index in [0.29, 0.717) is 29.1 Å². The van der Waals surface area contributed by atoms with Gasteiger partial charge < -0.3 is 15.2 Å². The SMILES string of the molecule is Cc1noc(CSc2ccccc2C(=O)NC2CCCNC2C)n1. The summed E-state index contributed by atoms with van der Waals surface area (Å²) in [6.07, 6.45) is 2.10. The molecule has 1 aromatic carbocycles. The van der Waals surface area contributed by atoms with Crippen LogP contribution in [0.1, 0.15) is 41.8 Å². The van der Waals surface area contributed by atoms with Gasteiger partial charge in [-0.25, -0.2) is 0 Å². The van der Waals surface area contributed by atoms with E-state index in [4.69, 9.17) is 4.52 Å². The largest absolute Gasteiger partial charge is 0.348 e. The lowest BCUT2D eigenvalue weighted by Crippen LogP contribution is -2.51. The fourth-order valence-electron chi connectivity index (χ4n) is 2.81. The molecule has 1 aliphatic heterocycles. The Bertz CT molecular complexity index is 703. The summed E-state index contributed by atoms with van der Waals surface area (Å²) in [4.78, 5) is 17.8. The molecule has 1 aliphatic rings. The minimum Gasteiger partial charge on any atom is -0.348 e. The number of benzene rings is 1. The molecule has 3 rings (SSSR count). The van der Waals surface area contributed by atoms with Crippen molar-refractivity contribution in [2.24, 2.45) is 0 Å².